The summed E-state index contributed by atoms with van der Waals surface area (Å²) in [5.41, 5.74) is 3.61. The summed E-state index contributed by atoms with van der Waals surface area (Å²) in [5, 5.41) is 3.73. The Balaban J connectivity index is 1.43. The zero-order chi connectivity index (χ0) is 20.8. The number of nitrogens with one attached hydrogen (secondary N) is 1. The summed E-state index contributed by atoms with van der Waals surface area (Å²) in [6.07, 6.45) is 5.70. The summed E-state index contributed by atoms with van der Waals surface area (Å²) in [5.74, 6) is 0.369. The highest BCUT2D eigenvalue weighted by Crippen LogP contribution is 2.33. The minimum absolute atomic E-state index is 0.126. The SMILES string of the molecule is Cc1ccc(-c2nc3c(C(=O)NC4CC5CCCC(C4)N5C)cc(Cl)cc3o2)cc1. The zero-order valence-electron chi connectivity index (χ0n) is 17.3. The second-order valence-electron chi connectivity index (χ2n) is 8.73. The number of hydrogen-bond donors (Lipinski definition) is 1. The summed E-state index contributed by atoms with van der Waals surface area (Å²) < 4.78 is 5.95. The van der Waals surface area contributed by atoms with Gasteiger partial charge in [-0.15, -0.1) is 0 Å². The van der Waals surface area contributed by atoms with Gasteiger partial charge in [-0.3, -0.25) is 4.79 Å². The van der Waals surface area contributed by atoms with E-state index in [0.29, 0.717) is 39.7 Å². The fourth-order valence-corrected chi connectivity index (χ4v) is 5.19. The first kappa shape index (κ1) is 19.6. The van der Waals surface area contributed by atoms with E-state index in [1.165, 1.54) is 24.8 Å². The van der Waals surface area contributed by atoms with E-state index in [1.807, 2.05) is 31.2 Å². The number of benzene rings is 2. The van der Waals surface area contributed by atoms with Crippen molar-refractivity contribution in [2.45, 2.75) is 57.2 Å². The van der Waals surface area contributed by atoms with Crippen molar-refractivity contribution in [3.63, 3.8) is 0 Å². The predicted octanol–water partition coefficient (Wildman–Crippen LogP) is 5.20. The first-order valence-corrected chi connectivity index (χ1v) is 11.1. The standard InChI is InChI=1S/C24H26ClN3O2/c1-14-6-8-15(9-7-14)24-27-22-20(10-16(25)11-21(22)30-24)23(29)26-17-12-18-4-3-5-19(13-17)28(18)2/h6-11,17-19H,3-5,12-13H2,1-2H3,(H,26,29). The second kappa shape index (κ2) is 7.71. The van der Waals surface area contributed by atoms with E-state index >= 15 is 0 Å². The Morgan fingerprint density at radius 3 is 2.57 bits per heavy atom. The number of hydrogen-bond acceptors (Lipinski definition) is 4. The molecule has 1 N–H and O–H groups in total. The Morgan fingerprint density at radius 1 is 1.17 bits per heavy atom. The van der Waals surface area contributed by atoms with Gasteiger partial charge in [0, 0.05) is 34.8 Å². The summed E-state index contributed by atoms with van der Waals surface area (Å²) in [4.78, 5) is 20.3. The van der Waals surface area contributed by atoms with Crippen molar-refractivity contribution in [1.29, 1.82) is 0 Å². The predicted molar refractivity (Wildman–Crippen MR) is 119 cm³/mol. The molecular weight excluding hydrogens is 398 g/mol. The molecule has 30 heavy (non-hydrogen) atoms. The average molecular weight is 424 g/mol. The van der Waals surface area contributed by atoms with Crippen molar-refractivity contribution in [1.82, 2.24) is 15.2 Å². The third kappa shape index (κ3) is 3.61. The largest absolute Gasteiger partial charge is 0.436 e. The van der Waals surface area contributed by atoms with Gasteiger partial charge in [0.05, 0.1) is 5.56 Å². The van der Waals surface area contributed by atoms with Gasteiger partial charge in [0.2, 0.25) is 5.89 Å². The van der Waals surface area contributed by atoms with Crippen molar-refractivity contribution < 1.29 is 9.21 Å². The molecule has 5 rings (SSSR count). The molecule has 5 nitrogen and oxygen atoms in total. The summed E-state index contributed by atoms with van der Waals surface area (Å²) in [6, 6.07) is 12.7. The van der Waals surface area contributed by atoms with Crippen LogP contribution in [0.4, 0.5) is 0 Å². The number of rotatable bonds is 3. The van der Waals surface area contributed by atoms with Crippen LogP contribution in [-0.2, 0) is 0 Å². The molecular formula is C24H26ClN3O2. The number of nitrogens with zero attached hydrogens (tertiary/aromatic N) is 2. The van der Waals surface area contributed by atoms with E-state index in [9.17, 15) is 4.79 Å². The van der Waals surface area contributed by atoms with Crippen molar-refractivity contribution in [3.8, 4) is 11.5 Å². The van der Waals surface area contributed by atoms with Crippen molar-refractivity contribution in [2.24, 2.45) is 0 Å². The van der Waals surface area contributed by atoms with E-state index in [4.69, 9.17) is 16.0 Å². The minimum Gasteiger partial charge on any atom is -0.436 e. The topological polar surface area (TPSA) is 58.4 Å². The van der Waals surface area contributed by atoms with Crippen LogP contribution in [-0.4, -0.2) is 41.0 Å². The van der Waals surface area contributed by atoms with Gasteiger partial charge < -0.3 is 14.6 Å². The van der Waals surface area contributed by atoms with Gasteiger partial charge in [-0.25, -0.2) is 4.98 Å². The van der Waals surface area contributed by atoms with Crippen LogP contribution in [0.2, 0.25) is 5.02 Å². The smallest absolute Gasteiger partial charge is 0.253 e. The van der Waals surface area contributed by atoms with Gasteiger partial charge in [0.25, 0.3) is 5.91 Å². The molecule has 6 heteroatoms. The molecule has 156 valence electrons. The van der Waals surface area contributed by atoms with Gasteiger partial charge in [-0.2, -0.15) is 0 Å². The Hall–Kier alpha value is -2.37. The van der Waals surface area contributed by atoms with Crippen LogP contribution in [0.15, 0.2) is 40.8 Å². The van der Waals surface area contributed by atoms with Gasteiger partial charge in [-0.1, -0.05) is 35.7 Å². The first-order valence-electron chi connectivity index (χ1n) is 10.7. The quantitative estimate of drug-likeness (QED) is 0.628. The number of carbonyl (C=O) groups excluding carboxylic acids is 1. The fraction of sp³-hybridized carbons (Fsp3) is 0.417. The maximum atomic E-state index is 13.2. The number of halogens is 1. The van der Waals surface area contributed by atoms with Crippen LogP contribution in [0.25, 0.3) is 22.6 Å². The molecule has 0 aliphatic carbocycles. The number of amides is 1. The van der Waals surface area contributed by atoms with E-state index in [-0.39, 0.29) is 11.9 Å². The molecule has 0 saturated carbocycles. The number of aromatic nitrogens is 1. The first-order chi connectivity index (χ1) is 14.5. The second-order valence-corrected chi connectivity index (χ2v) is 9.17. The lowest BCUT2D eigenvalue weighted by molar-refractivity contribution is 0.0463. The summed E-state index contributed by atoms with van der Waals surface area (Å²) in [7, 11) is 2.22. The number of oxazole rings is 1. The van der Waals surface area contributed by atoms with Crippen LogP contribution < -0.4 is 5.32 Å². The molecule has 2 aliphatic heterocycles. The molecule has 0 spiro atoms. The van der Waals surface area contributed by atoms with Crippen LogP contribution in [0, 0.1) is 6.92 Å². The van der Waals surface area contributed by atoms with Crippen LogP contribution in [0.3, 0.4) is 0 Å². The number of piperidine rings is 2. The number of fused-ring (bicyclic) bond motifs is 3. The lowest BCUT2D eigenvalue weighted by Gasteiger charge is -2.47. The molecule has 2 unspecified atom stereocenters. The zero-order valence-corrected chi connectivity index (χ0v) is 18.1. The van der Waals surface area contributed by atoms with Crippen LogP contribution in [0.5, 0.6) is 0 Å². The summed E-state index contributed by atoms with van der Waals surface area (Å²) in [6.45, 7) is 2.04. The van der Waals surface area contributed by atoms with Crippen molar-refractivity contribution >= 4 is 28.6 Å². The van der Waals surface area contributed by atoms with Crippen LogP contribution >= 0.6 is 11.6 Å². The van der Waals surface area contributed by atoms with Gasteiger partial charge in [0.15, 0.2) is 5.58 Å². The highest BCUT2D eigenvalue weighted by molar-refractivity contribution is 6.32. The molecule has 3 aromatic rings. The van der Waals surface area contributed by atoms with Gasteiger partial charge in [0.1, 0.15) is 5.52 Å². The Kier molecular flexibility index (Phi) is 5.03. The van der Waals surface area contributed by atoms with E-state index in [1.54, 1.807) is 12.1 Å². The third-order valence-corrected chi connectivity index (χ3v) is 6.90. The lowest BCUT2D eigenvalue weighted by atomic mass is 9.82. The van der Waals surface area contributed by atoms with Crippen LogP contribution in [0.1, 0.15) is 48.0 Å². The molecule has 1 amide bonds. The van der Waals surface area contributed by atoms with E-state index < -0.39 is 0 Å². The molecule has 2 fully saturated rings. The van der Waals surface area contributed by atoms with Crippen molar-refractivity contribution in [2.75, 3.05) is 7.05 Å². The number of carbonyl (C=O) groups is 1. The molecule has 0 radical (unpaired) electrons. The highest BCUT2D eigenvalue weighted by atomic mass is 35.5. The molecule has 2 aromatic carbocycles. The normalized spacial score (nSPS) is 24.2. The van der Waals surface area contributed by atoms with Gasteiger partial charge in [-0.05, 0) is 57.9 Å². The summed E-state index contributed by atoms with van der Waals surface area (Å²) >= 11 is 6.31. The van der Waals surface area contributed by atoms with E-state index in [2.05, 4.69) is 22.2 Å². The highest BCUT2D eigenvalue weighted by Gasteiger charge is 2.36. The van der Waals surface area contributed by atoms with Gasteiger partial charge >= 0.3 is 0 Å². The Morgan fingerprint density at radius 2 is 1.87 bits per heavy atom. The maximum absolute atomic E-state index is 13.2. The van der Waals surface area contributed by atoms with Crippen molar-refractivity contribution in [3.05, 3.63) is 52.5 Å². The van der Waals surface area contributed by atoms with E-state index in [0.717, 1.165) is 18.4 Å². The molecule has 2 aliphatic rings. The molecule has 2 atom stereocenters. The Bertz CT molecular complexity index is 1080. The average Bonchev–Trinajstić information content (AvgIpc) is 3.12. The fourth-order valence-electron chi connectivity index (χ4n) is 4.99. The third-order valence-electron chi connectivity index (χ3n) is 6.68. The monoisotopic (exact) mass is 423 g/mol. The molecule has 2 bridgehead atoms. The lowest BCUT2D eigenvalue weighted by Crippen LogP contribution is -2.55. The Labute approximate surface area is 181 Å². The maximum Gasteiger partial charge on any atom is 0.253 e. The minimum atomic E-state index is -0.126. The molecule has 3 heterocycles. The molecule has 1 aromatic heterocycles. The number of aryl methyl sites for hydroxylation is 1. The molecule has 2 saturated heterocycles.